The number of hydrogen-bond donors (Lipinski definition) is 1. The summed E-state index contributed by atoms with van der Waals surface area (Å²) < 4.78 is 41.5. The molecule has 2 rings (SSSR count). The van der Waals surface area contributed by atoms with Crippen molar-refractivity contribution in [1.29, 1.82) is 0 Å². The maximum absolute atomic E-state index is 12.1. The molecule has 0 aromatic heterocycles. The fourth-order valence-corrected chi connectivity index (χ4v) is 1.84. The van der Waals surface area contributed by atoms with E-state index in [-0.39, 0.29) is 11.3 Å². The second-order valence-corrected chi connectivity index (χ2v) is 4.18. The first-order valence-electron chi connectivity index (χ1n) is 5.83. The van der Waals surface area contributed by atoms with E-state index in [2.05, 4.69) is 0 Å². The Hall–Kier alpha value is -2.24. The third-order valence-electron chi connectivity index (χ3n) is 2.74. The van der Waals surface area contributed by atoms with Crippen LogP contribution in [0.2, 0.25) is 0 Å². The number of halogens is 3. The van der Waals surface area contributed by atoms with Crippen molar-refractivity contribution >= 4 is 16.7 Å². The molecule has 0 heterocycles. The Morgan fingerprint density at radius 2 is 1.85 bits per heavy atom. The van der Waals surface area contributed by atoms with Crippen LogP contribution in [-0.4, -0.2) is 23.9 Å². The second kappa shape index (κ2) is 5.40. The van der Waals surface area contributed by atoms with E-state index in [4.69, 9.17) is 9.84 Å². The Kier molecular flexibility index (Phi) is 3.83. The van der Waals surface area contributed by atoms with Crippen LogP contribution in [0.3, 0.4) is 0 Å². The summed E-state index contributed by atoms with van der Waals surface area (Å²) >= 11 is 0. The highest BCUT2D eigenvalue weighted by Gasteiger charge is 2.27. The van der Waals surface area contributed by atoms with Gasteiger partial charge < -0.3 is 9.84 Å². The van der Waals surface area contributed by atoms with Gasteiger partial charge in [0.2, 0.25) is 0 Å². The molecule has 0 spiro atoms. The monoisotopic (exact) mass is 284 g/mol. The number of hydrogen-bond acceptors (Lipinski definition) is 2. The largest absolute Gasteiger partial charge is 0.492 e. The maximum Gasteiger partial charge on any atom is 0.392 e. The van der Waals surface area contributed by atoms with Crippen molar-refractivity contribution in [1.82, 2.24) is 0 Å². The normalized spacial score (nSPS) is 11.6. The molecule has 0 saturated heterocycles. The molecule has 2 aromatic rings. The summed E-state index contributed by atoms with van der Waals surface area (Å²) in [4.78, 5) is 11.1. The molecule has 0 aliphatic rings. The van der Waals surface area contributed by atoms with Crippen molar-refractivity contribution in [3.63, 3.8) is 0 Å². The van der Waals surface area contributed by atoms with Crippen LogP contribution in [0.15, 0.2) is 36.4 Å². The van der Waals surface area contributed by atoms with Gasteiger partial charge in [0.25, 0.3) is 0 Å². The zero-order valence-electron chi connectivity index (χ0n) is 10.3. The predicted octanol–water partition coefficient (Wildman–Crippen LogP) is 3.87. The lowest BCUT2D eigenvalue weighted by molar-refractivity contribution is -0.139. The molecule has 2 aromatic carbocycles. The molecule has 0 aliphatic heterocycles. The van der Waals surface area contributed by atoms with Crippen LogP contribution in [-0.2, 0) is 0 Å². The average molecular weight is 284 g/mol. The summed E-state index contributed by atoms with van der Waals surface area (Å²) in [5, 5.41) is 10.3. The highest BCUT2D eigenvalue weighted by molar-refractivity contribution is 6.00. The third-order valence-corrected chi connectivity index (χ3v) is 2.74. The topological polar surface area (TPSA) is 46.5 Å². The number of aromatic carboxylic acids is 1. The van der Waals surface area contributed by atoms with Gasteiger partial charge in [-0.1, -0.05) is 30.3 Å². The predicted molar refractivity (Wildman–Crippen MR) is 67.1 cm³/mol. The summed E-state index contributed by atoms with van der Waals surface area (Å²) in [6, 6.07) is 9.69. The van der Waals surface area contributed by atoms with Crippen LogP contribution in [0.4, 0.5) is 13.2 Å². The molecule has 0 fully saturated rings. The molecule has 0 radical (unpaired) electrons. The standard InChI is InChI=1S/C14H11F3O3/c15-14(16,17)7-8-20-12-10-4-2-1-3-9(10)5-6-11(12)13(18)19/h1-6H,7-8H2,(H,18,19). The van der Waals surface area contributed by atoms with E-state index in [0.717, 1.165) is 0 Å². The highest BCUT2D eigenvalue weighted by Crippen LogP contribution is 2.31. The van der Waals surface area contributed by atoms with Crippen LogP contribution in [0.25, 0.3) is 10.8 Å². The second-order valence-electron chi connectivity index (χ2n) is 4.18. The van der Waals surface area contributed by atoms with Crippen LogP contribution in [0.1, 0.15) is 16.8 Å². The number of rotatable bonds is 4. The van der Waals surface area contributed by atoms with Gasteiger partial charge in [0.05, 0.1) is 13.0 Å². The van der Waals surface area contributed by atoms with Crippen LogP contribution in [0, 0.1) is 0 Å². The number of fused-ring (bicyclic) bond motifs is 1. The Morgan fingerprint density at radius 3 is 2.50 bits per heavy atom. The number of alkyl halides is 3. The van der Waals surface area contributed by atoms with Crippen molar-refractivity contribution in [3.05, 3.63) is 42.0 Å². The van der Waals surface area contributed by atoms with Crippen molar-refractivity contribution in [2.75, 3.05) is 6.61 Å². The minimum absolute atomic E-state index is 0.0279. The summed E-state index contributed by atoms with van der Waals surface area (Å²) in [7, 11) is 0. The fraction of sp³-hybridized carbons (Fsp3) is 0.214. The smallest absolute Gasteiger partial charge is 0.392 e. The van der Waals surface area contributed by atoms with Gasteiger partial charge in [-0.3, -0.25) is 0 Å². The lowest BCUT2D eigenvalue weighted by atomic mass is 10.1. The molecular formula is C14H11F3O3. The van der Waals surface area contributed by atoms with Gasteiger partial charge in [-0.05, 0) is 11.5 Å². The Labute approximate surface area is 112 Å². The molecule has 0 amide bonds. The minimum Gasteiger partial charge on any atom is -0.492 e. The average Bonchev–Trinajstić information content (AvgIpc) is 2.37. The Bertz CT molecular complexity index is 635. The van der Waals surface area contributed by atoms with Gasteiger partial charge >= 0.3 is 12.1 Å². The van der Waals surface area contributed by atoms with Crippen molar-refractivity contribution in [2.24, 2.45) is 0 Å². The number of carbonyl (C=O) groups is 1. The molecule has 0 saturated carbocycles. The van der Waals surface area contributed by atoms with Crippen molar-refractivity contribution < 1.29 is 27.8 Å². The quantitative estimate of drug-likeness (QED) is 0.927. The van der Waals surface area contributed by atoms with Gasteiger partial charge in [-0.15, -0.1) is 0 Å². The first-order chi connectivity index (χ1) is 9.38. The SMILES string of the molecule is O=C(O)c1ccc2ccccc2c1OCCC(F)(F)F. The van der Waals surface area contributed by atoms with Gasteiger partial charge in [0, 0.05) is 5.39 Å². The number of ether oxygens (including phenoxy) is 1. The summed E-state index contributed by atoms with van der Waals surface area (Å²) in [6.07, 6.45) is -5.47. The summed E-state index contributed by atoms with van der Waals surface area (Å²) in [5.41, 5.74) is -0.147. The number of carboxylic acids is 1. The zero-order valence-corrected chi connectivity index (χ0v) is 10.3. The van der Waals surface area contributed by atoms with E-state index in [1.807, 2.05) is 0 Å². The number of carboxylic acid groups (broad SMARTS) is 1. The van der Waals surface area contributed by atoms with E-state index in [1.54, 1.807) is 30.3 Å². The zero-order chi connectivity index (χ0) is 14.8. The van der Waals surface area contributed by atoms with Crippen LogP contribution < -0.4 is 4.74 Å². The maximum atomic E-state index is 12.1. The van der Waals surface area contributed by atoms with Crippen LogP contribution >= 0.6 is 0 Å². The first-order valence-corrected chi connectivity index (χ1v) is 5.83. The molecular weight excluding hydrogens is 273 g/mol. The van der Waals surface area contributed by atoms with Gasteiger partial charge in [-0.25, -0.2) is 4.79 Å². The molecule has 20 heavy (non-hydrogen) atoms. The van der Waals surface area contributed by atoms with E-state index in [9.17, 15) is 18.0 Å². The third kappa shape index (κ3) is 3.20. The lowest BCUT2D eigenvalue weighted by Crippen LogP contribution is -2.14. The van der Waals surface area contributed by atoms with Gasteiger partial charge in [0.15, 0.2) is 0 Å². The molecule has 0 atom stereocenters. The number of benzene rings is 2. The molecule has 6 heteroatoms. The lowest BCUT2D eigenvalue weighted by Gasteiger charge is -2.13. The van der Waals surface area contributed by atoms with E-state index in [0.29, 0.717) is 10.8 Å². The van der Waals surface area contributed by atoms with E-state index >= 15 is 0 Å². The minimum atomic E-state index is -4.34. The molecule has 0 aliphatic carbocycles. The van der Waals surface area contributed by atoms with Gasteiger partial charge in [0.1, 0.15) is 11.3 Å². The fourth-order valence-electron chi connectivity index (χ4n) is 1.84. The highest BCUT2D eigenvalue weighted by atomic mass is 19.4. The Morgan fingerprint density at radius 1 is 1.15 bits per heavy atom. The molecule has 3 nitrogen and oxygen atoms in total. The van der Waals surface area contributed by atoms with Crippen molar-refractivity contribution in [3.8, 4) is 5.75 Å². The Balaban J connectivity index is 2.37. The molecule has 0 bridgehead atoms. The summed E-state index contributed by atoms with van der Waals surface area (Å²) in [5.74, 6) is -1.27. The summed E-state index contributed by atoms with van der Waals surface area (Å²) in [6.45, 7) is -0.613. The van der Waals surface area contributed by atoms with E-state index in [1.165, 1.54) is 6.07 Å². The first kappa shape index (κ1) is 14.2. The van der Waals surface area contributed by atoms with Gasteiger partial charge in [-0.2, -0.15) is 13.2 Å². The molecule has 0 unspecified atom stereocenters. The molecule has 106 valence electrons. The van der Waals surface area contributed by atoms with Crippen molar-refractivity contribution in [2.45, 2.75) is 12.6 Å². The van der Waals surface area contributed by atoms with E-state index < -0.39 is 25.2 Å². The molecule has 1 N–H and O–H groups in total. The van der Waals surface area contributed by atoms with Crippen LogP contribution in [0.5, 0.6) is 5.75 Å².